The number of hydrogen-bond acceptors (Lipinski definition) is 7. The molecule has 0 saturated carbocycles. The molecule has 1 aromatic heterocycles. The number of nitrogens with one attached hydrogen (secondary N) is 1. The van der Waals surface area contributed by atoms with Crippen molar-refractivity contribution >= 4 is 17.8 Å². The molecular weight excluding hydrogens is 356 g/mol. The number of carbonyl (C=O) groups is 1. The molecule has 0 aliphatic carbocycles. The Morgan fingerprint density at radius 1 is 1.27 bits per heavy atom. The maximum atomic E-state index is 12.3. The highest BCUT2D eigenvalue weighted by Gasteiger charge is 2.22. The molecule has 0 spiro atoms. The van der Waals surface area contributed by atoms with Crippen LogP contribution < -0.4 is 14.8 Å². The minimum atomic E-state index is -0.376. The number of urea groups is 1. The van der Waals surface area contributed by atoms with Crippen LogP contribution in [0.4, 0.5) is 4.79 Å². The lowest BCUT2D eigenvalue weighted by molar-refractivity contribution is 0.196. The molecule has 0 radical (unpaired) electrons. The minimum absolute atomic E-state index is 0.108. The summed E-state index contributed by atoms with van der Waals surface area (Å²) in [5, 5.41) is 6.92. The molecule has 2 heterocycles. The van der Waals surface area contributed by atoms with Crippen molar-refractivity contribution < 1.29 is 18.8 Å². The highest BCUT2D eigenvalue weighted by molar-refractivity contribution is 7.99. The highest BCUT2D eigenvalue weighted by atomic mass is 32.2. The number of rotatable bonds is 5. The third-order valence-electron chi connectivity index (χ3n) is 4.09. The van der Waals surface area contributed by atoms with Gasteiger partial charge in [0, 0.05) is 30.2 Å². The fourth-order valence-electron chi connectivity index (χ4n) is 2.61. The zero-order chi connectivity index (χ0) is 18.5. The van der Waals surface area contributed by atoms with Crippen molar-refractivity contribution in [3.05, 3.63) is 24.1 Å². The van der Waals surface area contributed by atoms with E-state index in [0.717, 1.165) is 30.2 Å². The molecule has 2 aromatic rings. The molecule has 8 nitrogen and oxygen atoms in total. The molecule has 0 unspecified atom stereocenters. The fraction of sp³-hybridized carbons (Fsp3) is 0.471. The number of aromatic nitrogens is 2. The predicted octanol–water partition coefficient (Wildman–Crippen LogP) is 2.57. The fourth-order valence-corrected chi connectivity index (χ4v) is 3.51. The molecule has 140 valence electrons. The Morgan fingerprint density at radius 3 is 2.69 bits per heavy atom. The molecule has 0 bridgehead atoms. The van der Waals surface area contributed by atoms with Gasteiger partial charge >= 0.3 is 6.03 Å². The average molecular weight is 378 g/mol. The molecule has 1 fully saturated rings. The quantitative estimate of drug-likeness (QED) is 0.855. The minimum Gasteiger partial charge on any atom is -0.493 e. The summed E-state index contributed by atoms with van der Waals surface area (Å²) in [5.41, 5.74) is 0.740. The lowest BCUT2D eigenvalue weighted by Crippen LogP contribution is -2.45. The third kappa shape index (κ3) is 4.04. The van der Waals surface area contributed by atoms with E-state index in [4.69, 9.17) is 14.0 Å². The molecule has 2 amide bonds. The number of benzene rings is 1. The zero-order valence-electron chi connectivity index (χ0n) is 15.0. The van der Waals surface area contributed by atoms with Crippen LogP contribution in [-0.2, 0) is 0 Å². The summed E-state index contributed by atoms with van der Waals surface area (Å²) >= 11 is 1.86. The maximum absolute atomic E-state index is 12.3. The first-order chi connectivity index (χ1) is 12.6. The van der Waals surface area contributed by atoms with Gasteiger partial charge in [0.2, 0.25) is 11.7 Å². The summed E-state index contributed by atoms with van der Waals surface area (Å²) in [6.07, 6.45) is 0. The Bertz CT molecular complexity index is 761. The van der Waals surface area contributed by atoms with Gasteiger partial charge in [-0.05, 0) is 25.1 Å². The van der Waals surface area contributed by atoms with E-state index >= 15 is 0 Å². The van der Waals surface area contributed by atoms with Crippen LogP contribution in [0, 0.1) is 0 Å². The van der Waals surface area contributed by atoms with Crippen molar-refractivity contribution in [3.8, 4) is 22.9 Å². The van der Waals surface area contributed by atoms with Crippen LogP contribution in [0.1, 0.15) is 18.9 Å². The zero-order valence-corrected chi connectivity index (χ0v) is 15.8. The number of carbonyl (C=O) groups excluding carboxylic acids is 1. The van der Waals surface area contributed by atoms with E-state index in [2.05, 4.69) is 15.5 Å². The Kier molecular flexibility index (Phi) is 5.87. The van der Waals surface area contributed by atoms with Gasteiger partial charge in [-0.3, -0.25) is 0 Å². The topological polar surface area (TPSA) is 89.7 Å². The third-order valence-corrected chi connectivity index (χ3v) is 5.03. The molecular formula is C17H22N4O4S. The number of nitrogens with zero attached hydrogens (tertiary/aromatic N) is 3. The van der Waals surface area contributed by atoms with Crippen molar-refractivity contribution in [1.82, 2.24) is 20.4 Å². The molecule has 3 rings (SSSR count). The number of hydrogen-bond donors (Lipinski definition) is 1. The number of ether oxygens (including phenoxy) is 2. The van der Waals surface area contributed by atoms with Gasteiger partial charge in [0.15, 0.2) is 11.5 Å². The summed E-state index contributed by atoms with van der Waals surface area (Å²) < 4.78 is 15.9. The Hall–Kier alpha value is -2.42. The normalized spacial score (nSPS) is 15.4. The summed E-state index contributed by atoms with van der Waals surface area (Å²) in [6, 6.07) is 4.90. The van der Waals surface area contributed by atoms with Gasteiger partial charge in [-0.25, -0.2) is 4.79 Å². The summed E-state index contributed by atoms with van der Waals surface area (Å²) in [6.45, 7) is 3.33. The first-order valence-corrected chi connectivity index (χ1v) is 9.47. The van der Waals surface area contributed by atoms with Crippen LogP contribution in [0.15, 0.2) is 22.7 Å². The van der Waals surface area contributed by atoms with Crippen molar-refractivity contribution in [2.45, 2.75) is 13.0 Å². The Balaban J connectivity index is 1.69. The highest BCUT2D eigenvalue weighted by Crippen LogP contribution is 2.31. The molecule has 1 aliphatic rings. The average Bonchev–Trinajstić information content (AvgIpc) is 3.18. The molecule has 1 aliphatic heterocycles. The van der Waals surface area contributed by atoms with E-state index in [0.29, 0.717) is 23.2 Å². The second kappa shape index (κ2) is 8.31. The van der Waals surface area contributed by atoms with Gasteiger partial charge in [0.1, 0.15) is 6.04 Å². The van der Waals surface area contributed by atoms with Crippen molar-refractivity contribution in [3.63, 3.8) is 0 Å². The van der Waals surface area contributed by atoms with Gasteiger partial charge in [0.25, 0.3) is 0 Å². The first kappa shape index (κ1) is 18.4. The van der Waals surface area contributed by atoms with Gasteiger partial charge in [-0.1, -0.05) is 5.16 Å². The van der Waals surface area contributed by atoms with E-state index in [1.165, 1.54) is 0 Å². The van der Waals surface area contributed by atoms with Gasteiger partial charge in [0.05, 0.1) is 14.2 Å². The SMILES string of the molecule is COc1ccc(-c2noc([C@H](C)NC(=O)N3CCSCC3)n2)cc1OC. The molecule has 1 aromatic carbocycles. The van der Waals surface area contributed by atoms with Gasteiger partial charge in [-0.2, -0.15) is 16.7 Å². The van der Waals surface area contributed by atoms with E-state index < -0.39 is 0 Å². The smallest absolute Gasteiger partial charge is 0.318 e. The molecule has 1 N–H and O–H groups in total. The van der Waals surface area contributed by atoms with Crippen molar-refractivity contribution in [2.75, 3.05) is 38.8 Å². The van der Waals surface area contributed by atoms with E-state index in [1.54, 1.807) is 31.3 Å². The molecule has 1 saturated heterocycles. The van der Waals surface area contributed by atoms with Crippen LogP contribution in [0.3, 0.4) is 0 Å². The van der Waals surface area contributed by atoms with E-state index in [-0.39, 0.29) is 12.1 Å². The second-order valence-electron chi connectivity index (χ2n) is 5.80. The maximum Gasteiger partial charge on any atom is 0.318 e. The van der Waals surface area contributed by atoms with Crippen LogP contribution in [0.5, 0.6) is 11.5 Å². The summed E-state index contributed by atoms with van der Waals surface area (Å²) in [4.78, 5) is 18.5. The largest absolute Gasteiger partial charge is 0.493 e. The number of thioether (sulfide) groups is 1. The van der Waals surface area contributed by atoms with Crippen LogP contribution >= 0.6 is 11.8 Å². The summed E-state index contributed by atoms with van der Waals surface area (Å²) in [7, 11) is 3.15. The monoisotopic (exact) mass is 378 g/mol. The van der Waals surface area contributed by atoms with Crippen LogP contribution in [0.2, 0.25) is 0 Å². The Morgan fingerprint density at radius 2 is 2.00 bits per heavy atom. The Labute approximate surface area is 156 Å². The molecule has 26 heavy (non-hydrogen) atoms. The van der Waals surface area contributed by atoms with Crippen molar-refractivity contribution in [2.24, 2.45) is 0 Å². The lowest BCUT2D eigenvalue weighted by Gasteiger charge is -2.27. The van der Waals surface area contributed by atoms with Crippen LogP contribution in [0.25, 0.3) is 11.4 Å². The number of amides is 2. The summed E-state index contributed by atoms with van der Waals surface area (Å²) in [5.74, 6) is 3.92. The van der Waals surface area contributed by atoms with E-state index in [9.17, 15) is 4.79 Å². The van der Waals surface area contributed by atoms with Gasteiger partial charge in [-0.15, -0.1) is 0 Å². The molecule has 1 atom stereocenters. The van der Waals surface area contributed by atoms with Crippen LogP contribution in [-0.4, -0.2) is 59.9 Å². The van der Waals surface area contributed by atoms with Gasteiger partial charge < -0.3 is 24.2 Å². The first-order valence-electron chi connectivity index (χ1n) is 8.31. The molecule has 9 heteroatoms. The predicted molar refractivity (Wildman–Crippen MR) is 98.7 cm³/mol. The lowest BCUT2D eigenvalue weighted by atomic mass is 10.2. The van der Waals surface area contributed by atoms with Crippen molar-refractivity contribution in [1.29, 1.82) is 0 Å². The standard InChI is InChI=1S/C17H22N4O4S/c1-11(18-17(22)21-6-8-26-9-7-21)16-19-15(20-25-16)12-4-5-13(23-2)14(10-12)24-3/h4-5,10-11H,6-9H2,1-3H3,(H,18,22)/t11-/m0/s1. The second-order valence-corrected chi connectivity index (χ2v) is 7.02. The van der Waals surface area contributed by atoms with E-state index in [1.807, 2.05) is 24.8 Å². The number of methoxy groups -OCH3 is 2.